The fraction of sp³-hybridized carbons (Fsp3) is 0.231. The Morgan fingerprint density at radius 3 is 2.39 bits per heavy atom. The molecule has 4 aromatic rings. The number of ether oxygens (including phenoxy) is 1. The summed E-state index contributed by atoms with van der Waals surface area (Å²) < 4.78 is 36.3. The number of nitrogens with one attached hydrogen (secondary N) is 1. The molecule has 1 N–H and O–H groups in total. The molecule has 0 saturated heterocycles. The number of methoxy groups -OCH3 is 1. The molecule has 0 fully saturated rings. The summed E-state index contributed by atoms with van der Waals surface area (Å²) in [6.07, 6.45) is 0. The van der Waals surface area contributed by atoms with Crippen LogP contribution in [-0.4, -0.2) is 32.5 Å². The molecule has 0 aliphatic carbocycles. The number of aryl methyl sites for hydroxylation is 3. The van der Waals surface area contributed by atoms with E-state index in [0.29, 0.717) is 18.0 Å². The summed E-state index contributed by atoms with van der Waals surface area (Å²) >= 11 is 1.10. The van der Waals surface area contributed by atoms with Gasteiger partial charge in [0.2, 0.25) is 5.91 Å². The highest BCUT2D eigenvalue weighted by Gasteiger charge is 2.29. The number of benzene rings is 3. The quantitative estimate of drug-likeness (QED) is 0.364. The maximum absolute atomic E-state index is 13.7. The summed E-state index contributed by atoms with van der Waals surface area (Å²) in [6, 6.07) is 16.8. The second kappa shape index (κ2) is 10.2. The van der Waals surface area contributed by atoms with Crippen LogP contribution < -0.4 is 19.2 Å². The number of hydrogen-bond acceptors (Lipinski definition) is 6. The first-order chi connectivity index (χ1) is 17.1. The molecule has 1 aromatic heterocycles. The highest BCUT2D eigenvalue weighted by atomic mass is 32.2. The molecule has 0 saturated carbocycles. The van der Waals surface area contributed by atoms with Gasteiger partial charge in [0.15, 0.2) is 0 Å². The zero-order chi connectivity index (χ0) is 26.0. The van der Waals surface area contributed by atoms with Crippen LogP contribution in [-0.2, 0) is 21.4 Å². The average molecular weight is 526 g/mol. The summed E-state index contributed by atoms with van der Waals surface area (Å²) in [4.78, 5) is 25.3. The second-order valence-electron chi connectivity index (χ2n) is 8.34. The van der Waals surface area contributed by atoms with Crippen molar-refractivity contribution in [1.82, 2.24) is 4.57 Å². The van der Waals surface area contributed by atoms with Crippen molar-refractivity contribution in [2.75, 3.05) is 23.3 Å². The van der Waals surface area contributed by atoms with Crippen LogP contribution in [0.5, 0.6) is 5.75 Å². The summed E-state index contributed by atoms with van der Waals surface area (Å²) in [5.41, 5.74) is 3.26. The Morgan fingerprint density at radius 1 is 1.03 bits per heavy atom. The lowest BCUT2D eigenvalue weighted by molar-refractivity contribution is -0.114. The summed E-state index contributed by atoms with van der Waals surface area (Å²) in [5.74, 6) is -0.202. The zero-order valence-electron chi connectivity index (χ0n) is 20.4. The van der Waals surface area contributed by atoms with Crippen LogP contribution in [0.2, 0.25) is 0 Å². The number of aromatic nitrogens is 1. The van der Waals surface area contributed by atoms with Crippen LogP contribution in [0.15, 0.2) is 70.4 Å². The molecule has 0 aliphatic rings. The number of thiazole rings is 1. The smallest absolute Gasteiger partial charge is 0.308 e. The van der Waals surface area contributed by atoms with Gasteiger partial charge in [-0.3, -0.25) is 18.5 Å². The molecule has 0 aliphatic heterocycles. The maximum atomic E-state index is 13.7. The second-order valence-corrected chi connectivity index (χ2v) is 11.2. The highest BCUT2D eigenvalue weighted by Crippen LogP contribution is 2.33. The monoisotopic (exact) mass is 525 g/mol. The average Bonchev–Trinajstić information content (AvgIpc) is 3.16. The number of hydrogen-bond donors (Lipinski definition) is 1. The van der Waals surface area contributed by atoms with Crippen LogP contribution in [0.1, 0.15) is 18.1 Å². The van der Waals surface area contributed by atoms with Crippen LogP contribution in [0.3, 0.4) is 0 Å². The molecule has 36 heavy (non-hydrogen) atoms. The van der Waals surface area contributed by atoms with Crippen molar-refractivity contribution >= 4 is 48.9 Å². The molecule has 1 heterocycles. The predicted molar refractivity (Wildman–Crippen MR) is 144 cm³/mol. The minimum atomic E-state index is -4.10. The predicted octanol–water partition coefficient (Wildman–Crippen LogP) is 4.54. The van der Waals surface area contributed by atoms with Gasteiger partial charge in [0.25, 0.3) is 10.0 Å². The highest BCUT2D eigenvalue weighted by molar-refractivity contribution is 7.92. The lowest BCUT2D eigenvalue weighted by Crippen LogP contribution is -2.38. The third kappa shape index (κ3) is 5.00. The molecule has 1 amide bonds. The Kier molecular flexibility index (Phi) is 7.18. The van der Waals surface area contributed by atoms with E-state index in [1.165, 1.54) is 19.2 Å². The fourth-order valence-corrected chi connectivity index (χ4v) is 6.32. The molecule has 3 aromatic carbocycles. The molecule has 0 bridgehead atoms. The molecule has 0 radical (unpaired) electrons. The Hall–Kier alpha value is -3.63. The Labute approximate surface area is 213 Å². The third-order valence-electron chi connectivity index (χ3n) is 5.77. The minimum Gasteiger partial charge on any atom is -0.495 e. The number of nitrogens with zero attached hydrogens (tertiary/aromatic N) is 2. The van der Waals surface area contributed by atoms with Crippen molar-refractivity contribution in [3.8, 4) is 5.75 Å². The molecular formula is C26H27N3O5S2. The van der Waals surface area contributed by atoms with E-state index in [0.717, 1.165) is 37.0 Å². The largest absolute Gasteiger partial charge is 0.495 e. The van der Waals surface area contributed by atoms with Crippen molar-refractivity contribution in [1.29, 1.82) is 0 Å². The van der Waals surface area contributed by atoms with Gasteiger partial charge in [-0.25, -0.2) is 8.42 Å². The first-order valence-electron chi connectivity index (χ1n) is 11.3. The number of carbonyl (C=O) groups is 1. The Morgan fingerprint density at radius 2 is 1.72 bits per heavy atom. The van der Waals surface area contributed by atoms with Crippen LogP contribution >= 0.6 is 11.3 Å². The third-order valence-corrected chi connectivity index (χ3v) is 8.48. The molecule has 188 valence electrons. The molecular weight excluding hydrogens is 498 g/mol. The van der Waals surface area contributed by atoms with Crippen molar-refractivity contribution in [3.63, 3.8) is 0 Å². The van der Waals surface area contributed by atoms with Gasteiger partial charge >= 0.3 is 4.87 Å². The summed E-state index contributed by atoms with van der Waals surface area (Å²) in [6.45, 7) is 5.68. The molecule has 8 nitrogen and oxygen atoms in total. The minimum absolute atomic E-state index is 0.0663. The lowest BCUT2D eigenvalue weighted by atomic mass is 10.2. The number of amides is 1. The van der Waals surface area contributed by atoms with Gasteiger partial charge in [0.1, 0.15) is 12.3 Å². The number of sulfonamides is 1. The number of anilines is 2. The normalized spacial score (nSPS) is 11.4. The lowest BCUT2D eigenvalue weighted by Gasteiger charge is -2.26. The van der Waals surface area contributed by atoms with Crippen molar-refractivity contribution in [2.24, 2.45) is 0 Å². The van der Waals surface area contributed by atoms with Crippen LogP contribution in [0.4, 0.5) is 11.4 Å². The van der Waals surface area contributed by atoms with E-state index in [1.54, 1.807) is 47.0 Å². The van der Waals surface area contributed by atoms with Crippen molar-refractivity contribution in [3.05, 3.63) is 81.5 Å². The number of carbonyl (C=O) groups excluding carboxylic acids is 1. The van der Waals surface area contributed by atoms with E-state index < -0.39 is 22.5 Å². The molecule has 10 heteroatoms. The van der Waals surface area contributed by atoms with Gasteiger partial charge < -0.3 is 10.1 Å². The van der Waals surface area contributed by atoms with E-state index in [2.05, 4.69) is 5.32 Å². The van der Waals surface area contributed by atoms with E-state index in [4.69, 9.17) is 4.74 Å². The Bertz CT molecular complexity index is 1590. The molecule has 0 unspecified atom stereocenters. The summed E-state index contributed by atoms with van der Waals surface area (Å²) in [5, 5.41) is 2.78. The summed E-state index contributed by atoms with van der Waals surface area (Å²) in [7, 11) is -2.65. The fourth-order valence-electron chi connectivity index (χ4n) is 3.91. The van der Waals surface area contributed by atoms with Crippen LogP contribution in [0.25, 0.3) is 10.2 Å². The van der Waals surface area contributed by atoms with Gasteiger partial charge in [-0.2, -0.15) is 0 Å². The SMILES string of the molecule is CCn1c(=O)sc2cc(NC(=O)CN(c3cc(C)ccc3OC)S(=O)(=O)c3ccc(C)cc3)ccc21. The van der Waals surface area contributed by atoms with Crippen LogP contribution in [0, 0.1) is 13.8 Å². The van der Waals surface area contributed by atoms with E-state index >= 15 is 0 Å². The first-order valence-corrected chi connectivity index (χ1v) is 13.6. The van der Waals surface area contributed by atoms with Gasteiger partial charge in [-0.1, -0.05) is 35.1 Å². The van der Waals surface area contributed by atoms with Crippen molar-refractivity contribution < 1.29 is 17.9 Å². The van der Waals surface area contributed by atoms with E-state index in [1.807, 2.05) is 26.8 Å². The zero-order valence-corrected chi connectivity index (χ0v) is 22.1. The Balaban J connectivity index is 1.70. The van der Waals surface area contributed by atoms with Crippen molar-refractivity contribution in [2.45, 2.75) is 32.2 Å². The number of rotatable bonds is 8. The molecule has 0 atom stereocenters. The number of fused-ring (bicyclic) bond motifs is 1. The van der Waals surface area contributed by atoms with Gasteiger partial charge in [0, 0.05) is 12.2 Å². The van der Waals surface area contributed by atoms with Gasteiger partial charge in [-0.05, 0) is 68.8 Å². The molecule has 0 spiro atoms. The standard InChI is InChI=1S/C26H27N3O5S2/c1-5-28-21-12-9-19(15-24(21)35-26(28)31)27-25(30)16-29(22-14-18(3)8-13-23(22)34-4)36(32,33)20-10-6-17(2)7-11-20/h6-15H,5,16H2,1-4H3,(H,27,30). The maximum Gasteiger partial charge on any atom is 0.308 e. The van der Waals surface area contributed by atoms with Gasteiger partial charge in [0.05, 0.1) is 27.9 Å². The van der Waals surface area contributed by atoms with E-state index in [-0.39, 0.29) is 15.5 Å². The first kappa shape index (κ1) is 25.5. The topological polar surface area (TPSA) is 97.7 Å². The van der Waals surface area contributed by atoms with E-state index in [9.17, 15) is 18.0 Å². The van der Waals surface area contributed by atoms with Gasteiger partial charge in [-0.15, -0.1) is 0 Å². The molecule has 4 rings (SSSR count).